The van der Waals surface area contributed by atoms with Gasteiger partial charge in [-0.1, -0.05) is 11.6 Å². The first-order valence-electron chi connectivity index (χ1n) is 5.78. The third-order valence-electron chi connectivity index (χ3n) is 2.61. The second-order valence-corrected chi connectivity index (χ2v) is 4.41. The number of carbonyl (C=O) groups is 1. The smallest absolute Gasteiger partial charge is 0.340 e. The molecule has 19 heavy (non-hydrogen) atoms. The number of esters is 1. The number of pyridine rings is 1. The molecule has 0 fully saturated rings. The summed E-state index contributed by atoms with van der Waals surface area (Å²) in [7, 11) is 0. The van der Waals surface area contributed by atoms with Crippen LogP contribution in [0.5, 0.6) is 0 Å². The summed E-state index contributed by atoms with van der Waals surface area (Å²) in [5.41, 5.74) is 7.42. The predicted octanol–water partition coefficient (Wildman–Crippen LogP) is 2.72. The molecule has 0 aliphatic heterocycles. The number of ether oxygens (including phenoxy) is 1. The topological polar surface area (TPSA) is 65.2 Å². The Morgan fingerprint density at radius 2 is 2.00 bits per heavy atom. The molecule has 0 saturated heterocycles. The highest BCUT2D eigenvalue weighted by Crippen LogP contribution is 2.18. The molecule has 5 heteroatoms. The Bertz CT molecular complexity index is 573. The van der Waals surface area contributed by atoms with Crippen molar-refractivity contribution in [3.63, 3.8) is 0 Å². The van der Waals surface area contributed by atoms with Gasteiger partial charge < -0.3 is 10.5 Å². The van der Waals surface area contributed by atoms with Gasteiger partial charge in [0.2, 0.25) is 0 Å². The van der Waals surface area contributed by atoms with Gasteiger partial charge in [0.1, 0.15) is 0 Å². The fourth-order valence-corrected chi connectivity index (χ4v) is 1.77. The Morgan fingerprint density at radius 1 is 1.26 bits per heavy atom. The van der Waals surface area contributed by atoms with Crippen LogP contribution in [0.15, 0.2) is 42.7 Å². The molecule has 1 heterocycles. The number of rotatable bonds is 4. The van der Waals surface area contributed by atoms with Gasteiger partial charge in [-0.05, 0) is 35.9 Å². The first kappa shape index (κ1) is 13.4. The standard InChI is InChI=1S/C14H13ClN2O2/c15-11-1-2-13(16)12(9-11)14(18)19-8-5-10-3-6-17-7-4-10/h1-4,6-7,9H,5,8,16H2. The van der Waals surface area contributed by atoms with Crippen molar-refractivity contribution in [1.82, 2.24) is 4.98 Å². The van der Waals surface area contributed by atoms with Crippen LogP contribution in [0.2, 0.25) is 5.02 Å². The number of aromatic nitrogens is 1. The maximum atomic E-state index is 11.8. The molecule has 0 amide bonds. The average Bonchev–Trinajstić information content (AvgIpc) is 2.42. The van der Waals surface area contributed by atoms with E-state index in [9.17, 15) is 4.79 Å². The number of nitrogen functional groups attached to an aromatic ring is 1. The zero-order valence-corrected chi connectivity index (χ0v) is 10.9. The molecule has 0 spiro atoms. The third-order valence-corrected chi connectivity index (χ3v) is 2.84. The normalized spacial score (nSPS) is 10.2. The third kappa shape index (κ3) is 3.69. The monoisotopic (exact) mass is 276 g/mol. The van der Waals surface area contributed by atoms with Crippen LogP contribution in [0, 0.1) is 0 Å². The first-order chi connectivity index (χ1) is 9.16. The van der Waals surface area contributed by atoms with Gasteiger partial charge in [-0.25, -0.2) is 4.79 Å². The summed E-state index contributed by atoms with van der Waals surface area (Å²) in [5, 5.41) is 0.454. The van der Waals surface area contributed by atoms with E-state index in [1.54, 1.807) is 24.5 Å². The van der Waals surface area contributed by atoms with Crippen LogP contribution >= 0.6 is 11.6 Å². The summed E-state index contributed by atoms with van der Waals surface area (Å²) in [6.45, 7) is 0.287. The van der Waals surface area contributed by atoms with E-state index in [1.165, 1.54) is 6.07 Å². The second-order valence-electron chi connectivity index (χ2n) is 3.97. The number of hydrogen-bond acceptors (Lipinski definition) is 4. The zero-order valence-electron chi connectivity index (χ0n) is 10.2. The number of benzene rings is 1. The second kappa shape index (κ2) is 6.20. The molecule has 98 valence electrons. The molecule has 0 atom stereocenters. The fourth-order valence-electron chi connectivity index (χ4n) is 1.59. The largest absolute Gasteiger partial charge is 0.462 e. The van der Waals surface area contributed by atoms with E-state index < -0.39 is 5.97 Å². The van der Waals surface area contributed by atoms with Gasteiger partial charge in [-0.15, -0.1) is 0 Å². The summed E-state index contributed by atoms with van der Waals surface area (Å²) < 4.78 is 5.17. The van der Waals surface area contributed by atoms with Crippen molar-refractivity contribution in [2.45, 2.75) is 6.42 Å². The lowest BCUT2D eigenvalue weighted by molar-refractivity contribution is 0.0510. The van der Waals surface area contributed by atoms with E-state index in [-0.39, 0.29) is 6.61 Å². The maximum Gasteiger partial charge on any atom is 0.340 e. The van der Waals surface area contributed by atoms with Gasteiger partial charge >= 0.3 is 5.97 Å². The Hall–Kier alpha value is -2.07. The van der Waals surface area contributed by atoms with Crippen LogP contribution in [0.25, 0.3) is 0 Å². The molecule has 2 rings (SSSR count). The van der Waals surface area contributed by atoms with Gasteiger partial charge in [0.15, 0.2) is 0 Å². The van der Waals surface area contributed by atoms with E-state index >= 15 is 0 Å². The lowest BCUT2D eigenvalue weighted by atomic mass is 10.2. The Morgan fingerprint density at radius 3 is 2.74 bits per heavy atom. The molecule has 0 saturated carbocycles. The number of hydrogen-bond donors (Lipinski definition) is 1. The van der Waals surface area contributed by atoms with Crippen LogP contribution in [-0.4, -0.2) is 17.6 Å². The number of nitrogens with two attached hydrogens (primary N) is 1. The zero-order chi connectivity index (χ0) is 13.7. The van der Waals surface area contributed by atoms with Crippen LogP contribution in [-0.2, 0) is 11.2 Å². The minimum atomic E-state index is -0.464. The van der Waals surface area contributed by atoms with E-state index in [4.69, 9.17) is 22.1 Å². The first-order valence-corrected chi connectivity index (χ1v) is 6.15. The van der Waals surface area contributed by atoms with Crippen molar-refractivity contribution in [3.05, 3.63) is 58.9 Å². The summed E-state index contributed by atoms with van der Waals surface area (Å²) in [4.78, 5) is 15.8. The molecule has 0 bridgehead atoms. The predicted molar refractivity (Wildman–Crippen MR) is 74.1 cm³/mol. The average molecular weight is 277 g/mol. The number of anilines is 1. The molecule has 0 aliphatic carbocycles. The molecule has 1 aromatic carbocycles. The molecule has 4 nitrogen and oxygen atoms in total. The molecular formula is C14H13ClN2O2. The SMILES string of the molecule is Nc1ccc(Cl)cc1C(=O)OCCc1ccncc1. The van der Waals surface area contributed by atoms with Crippen LogP contribution < -0.4 is 5.73 Å². The molecule has 1 aromatic heterocycles. The van der Waals surface area contributed by atoms with E-state index in [0.717, 1.165) is 5.56 Å². The minimum Gasteiger partial charge on any atom is -0.462 e. The van der Waals surface area contributed by atoms with Crippen molar-refractivity contribution in [1.29, 1.82) is 0 Å². The van der Waals surface area contributed by atoms with Crippen molar-refractivity contribution in [2.75, 3.05) is 12.3 Å². The Balaban J connectivity index is 1.93. The molecule has 0 unspecified atom stereocenters. The van der Waals surface area contributed by atoms with Crippen LogP contribution in [0.3, 0.4) is 0 Å². The number of nitrogens with zero attached hydrogens (tertiary/aromatic N) is 1. The number of carbonyl (C=O) groups excluding carboxylic acids is 1. The van der Waals surface area contributed by atoms with Gasteiger partial charge in [-0.3, -0.25) is 4.98 Å². The molecule has 2 aromatic rings. The summed E-state index contributed by atoms with van der Waals surface area (Å²) in [6.07, 6.45) is 4.03. The van der Waals surface area contributed by atoms with Crippen molar-refractivity contribution >= 4 is 23.3 Å². The molecule has 2 N–H and O–H groups in total. The van der Waals surface area contributed by atoms with Gasteiger partial charge in [0, 0.05) is 29.5 Å². The Labute approximate surface area is 116 Å². The maximum absolute atomic E-state index is 11.8. The van der Waals surface area contributed by atoms with Gasteiger partial charge in [0.05, 0.1) is 12.2 Å². The highest BCUT2D eigenvalue weighted by Gasteiger charge is 2.11. The lowest BCUT2D eigenvalue weighted by Gasteiger charge is -2.07. The van der Waals surface area contributed by atoms with Crippen LogP contribution in [0.4, 0.5) is 5.69 Å². The molecule has 0 radical (unpaired) electrons. The minimum absolute atomic E-state index is 0.287. The van der Waals surface area contributed by atoms with Gasteiger partial charge in [0.25, 0.3) is 0 Å². The van der Waals surface area contributed by atoms with E-state index in [2.05, 4.69) is 4.98 Å². The summed E-state index contributed by atoms with van der Waals surface area (Å²) >= 11 is 5.82. The van der Waals surface area contributed by atoms with Crippen molar-refractivity contribution < 1.29 is 9.53 Å². The Kier molecular flexibility index (Phi) is 4.36. The molecular weight excluding hydrogens is 264 g/mol. The lowest BCUT2D eigenvalue weighted by Crippen LogP contribution is -2.10. The quantitative estimate of drug-likeness (QED) is 0.689. The van der Waals surface area contributed by atoms with E-state index in [0.29, 0.717) is 22.7 Å². The van der Waals surface area contributed by atoms with Crippen LogP contribution in [0.1, 0.15) is 15.9 Å². The highest BCUT2D eigenvalue weighted by atomic mass is 35.5. The number of halogens is 1. The van der Waals surface area contributed by atoms with Crippen molar-refractivity contribution in [3.8, 4) is 0 Å². The van der Waals surface area contributed by atoms with Crippen molar-refractivity contribution in [2.24, 2.45) is 0 Å². The highest BCUT2D eigenvalue weighted by molar-refractivity contribution is 6.31. The van der Waals surface area contributed by atoms with Gasteiger partial charge in [-0.2, -0.15) is 0 Å². The molecule has 0 aliphatic rings. The van der Waals surface area contributed by atoms with E-state index in [1.807, 2.05) is 12.1 Å². The summed E-state index contributed by atoms with van der Waals surface area (Å²) in [5.74, 6) is -0.464. The fraction of sp³-hybridized carbons (Fsp3) is 0.143. The summed E-state index contributed by atoms with van der Waals surface area (Å²) in [6, 6.07) is 8.47.